The number of carboxylic acid groups (broad SMARTS) is 1. The predicted octanol–water partition coefficient (Wildman–Crippen LogP) is -1.12. The summed E-state index contributed by atoms with van der Waals surface area (Å²) in [5.74, 6) is -1.07. The van der Waals surface area contributed by atoms with Crippen molar-refractivity contribution in [2.75, 3.05) is 26.2 Å². The number of urea groups is 2. The summed E-state index contributed by atoms with van der Waals surface area (Å²) in [6.07, 6.45) is 0. The van der Waals surface area contributed by atoms with Crippen LogP contribution < -0.4 is 10.6 Å². The van der Waals surface area contributed by atoms with Crippen LogP contribution in [0.1, 0.15) is 6.92 Å². The van der Waals surface area contributed by atoms with Gasteiger partial charge in [0.1, 0.15) is 6.04 Å². The number of piperazine rings is 1. The Kier molecular flexibility index (Phi) is 3.26. The highest BCUT2D eigenvalue weighted by Gasteiger charge is 2.37. The molecule has 0 aromatic carbocycles. The molecule has 0 aromatic heterocycles. The molecule has 0 aromatic rings. The van der Waals surface area contributed by atoms with Crippen molar-refractivity contribution >= 4 is 18.0 Å². The molecule has 1 unspecified atom stereocenters. The minimum Gasteiger partial charge on any atom is -0.480 e. The summed E-state index contributed by atoms with van der Waals surface area (Å²) in [5.41, 5.74) is 0. The van der Waals surface area contributed by atoms with Crippen LogP contribution in [0.5, 0.6) is 0 Å². The molecule has 2 fully saturated rings. The normalized spacial score (nSPS) is 24.3. The van der Waals surface area contributed by atoms with E-state index in [1.54, 1.807) is 9.80 Å². The fourth-order valence-electron chi connectivity index (χ4n) is 2.13. The van der Waals surface area contributed by atoms with Crippen molar-refractivity contribution in [3.63, 3.8) is 0 Å². The van der Waals surface area contributed by atoms with Crippen molar-refractivity contribution in [2.24, 2.45) is 0 Å². The highest BCUT2D eigenvalue weighted by Crippen LogP contribution is 2.14. The van der Waals surface area contributed by atoms with Crippen molar-refractivity contribution in [3.05, 3.63) is 0 Å². The molecule has 0 spiro atoms. The fraction of sp³-hybridized carbons (Fsp3) is 0.700. The third kappa shape index (κ3) is 2.31. The molecular weight excluding hydrogens is 240 g/mol. The molecule has 8 heteroatoms. The summed E-state index contributed by atoms with van der Waals surface area (Å²) in [5, 5.41) is 13.8. The molecular formula is C10H16N4O4. The van der Waals surface area contributed by atoms with Crippen molar-refractivity contribution in [1.82, 2.24) is 20.4 Å². The van der Waals surface area contributed by atoms with Gasteiger partial charge in [0.05, 0.1) is 6.04 Å². The van der Waals surface area contributed by atoms with Crippen LogP contribution in [0, 0.1) is 0 Å². The monoisotopic (exact) mass is 256 g/mol. The number of nitrogens with one attached hydrogen (secondary N) is 2. The molecule has 0 aliphatic carbocycles. The standard InChI is InChI=1S/C10H16N4O4/c1-6(8(15)16)12-10(18)13-2-3-14-7(5-13)4-11-9(14)17/h6-7H,2-5H2,1H3,(H,11,17)(H,12,18)(H,15,16)/t6-,7?/m1/s1. The maximum Gasteiger partial charge on any atom is 0.325 e. The molecule has 8 nitrogen and oxygen atoms in total. The minimum atomic E-state index is -1.07. The lowest BCUT2D eigenvalue weighted by Gasteiger charge is -2.36. The van der Waals surface area contributed by atoms with Gasteiger partial charge in [0.25, 0.3) is 0 Å². The number of hydrogen-bond donors (Lipinski definition) is 3. The number of carboxylic acids is 1. The van der Waals surface area contributed by atoms with Crippen LogP contribution >= 0.6 is 0 Å². The highest BCUT2D eigenvalue weighted by atomic mass is 16.4. The summed E-state index contributed by atoms with van der Waals surface area (Å²) < 4.78 is 0. The highest BCUT2D eigenvalue weighted by molar-refractivity contribution is 5.83. The SMILES string of the molecule is C[C@@H](NC(=O)N1CCN2C(=O)NCC2C1)C(=O)O. The van der Waals surface area contributed by atoms with E-state index in [0.717, 1.165) is 0 Å². The lowest BCUT2D eigenvalue weighted by atomic mass is 10.2. The molecule has 0 radical (unpaired) electrons. The van der Waals surface area contributed by atoms with Gasteiger partial charge in [-0.25, -0.2) is 9.59 Å². The second-order valence-corrected chi connectivity index (χ2v) is 4.49. The molecule has 100 valence electrons. The van der Waals surface area contributed by atoms with Crippen LogP contribution in [0.2, 0.25) is 0 Å². The number of carbonyl (C=O) groups excluding carboxylic acids is 2. The molecule has 3 N–H and O–H groups in total. The van der Waals surface area contributed by atoms with Gasteiger partial charge >= 0.3 is 18.0 Å². The number of aliphatic carboxylic acids is 1. The number of hydrogen-bond acceptors (Lipinski definition) is 3. The van der Waals surface area contributed by atoms with Gasteiger partial charge < -0.3 is 25.5 Å². The largest absolute Gasteiger partial charge is 0.480 e. The van der Waals surface area contributed by atoms with E-state index in [-0.39, 0.29) is 12.1 Å². The number of amides is 4. The van der Waals surface area contributed by atoms with Crippen LogP contribution in [0.25, 0.3) is 0 Å². The van der Waals surface area contributed by atoms with Crippen LogP contribution in [-0.4, -0.2) is 71.2 Å². The van der Waals surface area contributed by atoms with Crippen LogP contribution in [0.3, 0.4) is 0 Å². The first kappa shape index (κ1) is 12.5. The van der Waals surface area contributed by atoms with Gasteiger partial charge in [-0.15, -0.1) is 0 Å². The van der Waals surface area contributed by atoms with E-state index in [1.807, 2.05) is 0 Å². The zero-order chi connectivity index (χ0) is 13.3. The average Bonchev–Trinajstić information content (AvgIpc) is 2.70. The number of fused-ring (bicyclic) bond motifs is 1. The molecule has 2 aliphatic heterocycles. The van der Waals surface area contributed by atoms with Gasteiger partial charge in [-0.1, -0.05) is 0 Å². The molecule has 2 aliphatic rings. The van der Waals surface area contributed by atoms with E-state index in [9.17, 15) is 14.4 Å². The molecule has 0 bridgehead atoms. The minimum absolute atomic E-state index is 0.0165. The Morgan fingerprint density at radius 3 is 2.89 bits per heavy atom. The molecule has 2 atom stereocenters. The van der Waals surface area contributed by atoms with Crippen LogP contribution in [0.4, 0.5) is 9.59 Å². The third-order valence-corrected chi connectivity index (χ3v) is 3.23. The summed E-state index contributed by atoms with van der Waals surface area (Å²) in [7, 11) is 0. The van der Waals surface area contributed by atoms with Gasteiger partial charge in [0.2, 0.25) is 0 Å². The number of nitrogens with zero attached hydrogens (tertiary/aromatic N) is 2. The molecule has 18 heavy (non-hydrogen) atoms. The Morgan fingerprint density at radius 2 is 2.22 bits per heavy atom. The quantitative estimate of drug-likeness (QED) is 0.582. The van der Waals surface area contributed by atoms with E-state index in [1.165, 1.54) is 6.92 Å². The molecule has 2 saturated heterocycles. The zero-order valence-electron chi connectivity index (χ0n) is 10.0. The third-order valence-electron chi connectivity index (χ3n) is 3.23. The summed E-state index contributed by atoms with van der Waals surface area (Å²) in [6.45, 7) is 3.26. The Balaban J connectivity index is 1.90. The molecule has 2 rings (SSSR count). The first-order valence-electron chi connectivity index (χ1n) is 5.81. The van der Waals surface area contributed by atoms with Crippen molar-refractivity contribution in [2.45, 2.75) is 19.0 Å². The first-order valence-corrected chi connectivity index (χ1v) is 5.81. The van der Waals surface area contributed by atoms with Gasteiger partial charge in [0, 0.05) is 26.2 Å². The smallest absolute Gasteiger partial charge is 0.325 e. The van der Waals surface area contributed by atoms with E-state index in [2.05, 4.69) is 10.6 Å². The second-order valence-electron chi connectivity index (χ2n) is 4.49. The van der Waals surface area contributed by atoms with Crippen LogP contribution in [0.15, 0.2) is 0 Å². The molecule has 2 heterocycles. The Morgan fingerprint density at radius 1 is 1.50 bits per heavy atom. The maximum atomic E-state index is 11.8. The van der Waals surface area contributed by atoms with Crippen molar-refractivity contribution < 1.29 is 19.5 Å². The Labute approximate surface area is 104 Å². The Bertz CT molecular complexity index is 386. The Hall–Kier alpha value is -1.99. The van der Waals surface area contributed by atoms with Crippen LogP contribution in [-0.2, 0) is 4.79 Å². The first-order chi connectivity index (χ1) is 8.49. The van der Waals surface area contributed by atoms with Gasteiger partial charge in [0.15, 0.2) is 0 Å². The van der Waals surface area contributed by atoms with Crippen molar-refractivity contribution in [1.29, 1.82) is 0 Å². The van der Waals surface area contributed by atoms with E-state index < -0.39 is 18.0 Å². The summed E-state index contributed by atoms with van der Waals surface area (Å²) >= 11 is 0. The fourth-order valence-corrected chi connectivity index (χ4v) is 2.13. The average molecular weight is 256 g/mol. The summed E-state index contributed by atoms with van der Waals surface area (Å²) in [4.78, 5) is 37.1. The van der Waals surface area contributed by atoms with E-state index in [4.69, 9.17) is 5.11 Å². The predicted molar refractivity (Wildman–Crippen MR) is 61.1 cm³/mol. The lowest BCUT2D eigenvalue weighted by molar-refractivity contribution is -0.138. The van der Waals surface area contributed by atoms with E-state index in [0.29, 0.717) is 26.2 Å². The van der Waals surface area contributed by atoms with Gasteiger partial charge in [-0.3, -0.25) is 4.79 Å². The second kappa shape index (κ2) is 4.71. The summed E-state index contributed by atoms with van der Waals surface area (Å²) in [6, 6.07) is -1.43. The van der Waals surface area contributed by atoms with Gasteiger partial charge in [-0.05, 0) is 6.92 Å². The molecule has 0 saturated carbocycles. The van der Waals surface area contributed by atoms with Gasteiger partial charge in [-0.2, -0.15) is 0 Å². The number of carbonyl (C=O) groups is 3. The maximum absolute atomic E-state index is 11.8. The van der Waals surface area contributed by atoms with E-state index >= 15 is 0 Å². The lowest BCUT2D eigenvalue weighted by Crippen LogP contribution is -2.57. The number of rotatable bonds is 2. The topological polar surface area (TPSA) is 102 Å². The van der Waals surface area contributed by atoms with Crippen molar-refractivity contribution in [3.8, 4) is 0 Å². The molecule has 4 amide bonds. The zero-order valence-corrected chi connectivity index (χ0v) is 10.0.